The molecular formula is C14H26N2S. The lowest BCUT2D eigenvalue weighted by Gasteiger charge is -2.22. The SMILES string of the molecule is Cc1ncc(CNC(CC(C)C)CC(C)C)s1. The summed E-state index contributed by atoms with van der Waals surface area (Å²) in [5.74, 6) is 1.52. The average molecular weight is 254 g/mol. The van der Waals surface area contributed by atoms with Crippen LogP contribution in [0.3, 0.4) is 0 Å². The molecule has 98 valence electrons. The molecule has 1 aromatic rings. The highest BCUT2D eigenvalue weighted by molar-refractivity contribution is 7.11. The van der Waals surface area contributed by atoms with Gasteiger partial charge in [-0.1, -0.05) is 27.7 Å². The number of rotatable bonds is 7. The van der Waals surface area contributed by atoms with Gasteiger partial charge in [-0.2, -0.15) is 0 Å². The molecular weight excluding hydrogens is 228 g/mol. The highest BCUT2D eigenvalue weighted by Crippen LogP contribution is 2.16. The highest BCUT2D eigenvalue weighted by Gasteiger charge is 2.12. The van der Waals surface area contributed by atoms with Gasteiger partial charge in [0, 0.05) is 23.7 Å². The van der Waals surface area contributed by atoms with E-state index >= 15 is 0 Å². The fraction of sp³-hybridized carbons (Fsp3) is 0.786. The molecule has 1 N–H and O–H groups in total. The predicted octanol–water partition coefficient (Wildman–Crippen LogP) is 4.00. The summed E-state index contributed by atoms with van der Waals surface area (Å²) >= 11 is 1.79. The van der Waals surface area contributed by atoms with Crippen molar-refractivity contribution in [2.24, 2.45) is 11.8 Å². The molecule has 0 bridgehead atoms. The van der Waals surface area contributed by atoms with E-state index in [0.29, 0.717) is 6.04 Å². The number of hydrogen-bond donors (Lipinski definition) is 1. The van der Waals surface area contributed by atoms with Crippen LogP contribution in [0, 0.1) is 18.8 Å². The summed E-state index contributed by atoms with van der Waals surface area (Å²) < 4.78 is 0. The van der Waals surface area contributed by atoms with Crippen molar-refractivity contribution in [1.82, 2.24) is 10.3 Å². The van der Waals surface area contributed by atoms with Crippen LogP contribution in [0.1, 0.15) is 50.4 Å². The second-order valence-corrected chi connectivity index (χ2v) is 7.00. The van der Waals surface area contributed by atoms with E-state index < -0.39 is 0 Å². The molecule has 2 nitrogen and oxygen atoms in total. The Morgan fingerprint density at radius 1 is 1.18 bits per heavy atom. The maximum Gasteiger partial charge on any atom is 0.0897 e. The van der Waals surface area contributed by atoms with Gasteiger partial charge in [0.2, 0.25) is 0 Å². The summed E-state index contributed by atoms with van der Waals surface area (Å²) in [6.45, 7) is 12.2. The van der Waals surface area contributed by atoms with Crippen molar-refractivity contribution in [3.8, 4) is 0 Å². The Hall–Kier alpha value is -0.410. The lowest BCUT2D eigenvalue weighted by atomic mass is 9.95. The third-order valence-corrected chi connectivity index (χ3v) is 3.66. The number of nitrogens with one attached hydrogen (secondary N) is 1. The Bertz CT molecular complexity index is 308. The first-order valence-electron chi connectivity index (χ1n) is 6.62. The van der Waals surface area contributed by atoms with Gasteiger partial charge in [0.25, 0.3) is 0 Å². The Kier molecular flexibility index (Phi) is 6.14. The quantitative estimate of drug-likeness (QED) is 0.795. The molecule has 0 unspecified atom stereocenters. The molecule has 1 heterocycles. The molecule has 0 amide bonds. The lowest BCUT2D eigenvalue weighted by Crippen LogP contribution is -2.31. The van der Waals surface area contributed by atoms with Crippen LogP contribution in [0.2, 0.25) is 0 Å². The van der Waals surface area contributed by atoms with Gasteiger partial charge < -0.3 is 5.32 Å². The zero-order valence-electron chi connectivity index (χ0n) is 11.8. The first-order valence-corrected chi connectivity index (χ1v) is 7.43. The molecule has 0 fully saturated rings. The Morgan fingerprint density at radius 2 is 1.76 bits per heavy atom. The lowest BCUT2D eigenvalue weighted by molar-refractivity contribution is 0.359. The number of aryl methyl sites for hydroxylation is 1. The van der Waals surface area contributed by atoms with Crippen molar-refractivity contribution >= 4 is 11.3 Å². The van der Waals surface area contributed by atoms with Crippen molar-refractivity contribution in [2.75, 3.05) is 0 Å². The molecule has 0 aliphatic heterocycles. The Morgan fingerprint density at radius 3 is 2.18 bits per heavy atom. The zero-order valence-corrected chi connectivity index (χ0v) is 12.6. The van der Waals surface area contributed by atoms with Crippen LogP contribution in [0.4, 0.5) is 0 Å². The smallest absolute Gasteiger partial charge is 0.0897 e. The summed E-state index contributed by atoms with van der Waals surface area (Å²) in [7, 11) is 0. The van der Waals surface area contributed by atoms with E-state index in [9.17, 15) is 0 Å². The third-order valence-electron chi connectivity index (χ3n) is 2.75. The second-order valence-electron chi connectivity index (χ2n) is 5.68. The van der Waals surface area contributed by atoms with E-state index in [2.05, 4.69) is 44.9 Å². The molecule has 3 heteroatoms. The van der Waals surface area contributed by atoms with E-state index in [1.54, 1.807) is 11.3 Å². The second kappa shape index (κ2) is 7.12. The molecule has 0 atom stereocenters. The van der Waals surface area contributed by atoms with E-state index in [1.165, 1.54) is 17.7 Å². The number of aromatic nitrogens is 1. The Labute approximate surface area is 110 Å². The van der Waals surface area contributed by atoms with Crippen LogP contribution in [-0.4, -0.2) is 11.0 Å². The van der Waals surface area contributed by atoms with Gasteiger partial charge >= 0.3 is 0 Å². The van der Waals surface area contributed by atoms with Crippen molar-refractivity contribution in [3.63, 3.8) is 0 Å². The molecule has 0 aliphatic carbocycles. The number of thiazole rings is 1. The standard InChI is InChI=1S/C14H26N2S/c1-10(2)6-13(7-11(3)4)16-9-14-8-15-12(5)17-14/h8,10-11,13,16H,6-7,9H2,1-5H3. The van der Waals surface area contributed by atoms with Crippen molar-refractivity contribution in [2.45, 2.75) is 60.0 Å². The maximum atomic E-state index is 4.29. The fourth-order valence-corrected chi connectivity index (χ4v) is 2.88. The maximum absolute atomic E-state index is 4.29. The molecule has 1 aromatic heterocycles. The van der Waals surface area contributed by atoms with E-state index in [4.69, 9.17) is 0 Å². The third kappa shape index (κ3) is 6.18. The first-order chi connectivity index (χ1) is 7.97. The van der Waals surface area contributed by atoms with Gasteiger partial charge in [0.1, 0.15) is 0 Å². The van der Waals surface area contributed by atoms with Gasteiger partial charge in [-0.25, -0.2) is 4.98 Å². The van der Waals surface area contributed by atoms with Gasteiger partial charge in [-0.15, -0.1) is 11.3 Å². The minimum atomic E-state index is 0.636. The molecule has 0 saturated carbocycles. The van der Waals surface area contributed by atoms with E-state index in [0.717, 1.165) is 23.4 Å². The van der Waals surface area contributed by atoms with Crippen LogP contribution in [0.25, 0.3) is 0 Å². The normalized spacial score (nSPS) is 12.0. The van der Waals surface area contributed by atoms with Gasteiger partial charge in [0.15, 0.2) is 0 Å². The van der Waals surface area contributed by atoms with E-state index in [-0.39, 0.29) is 0 Å². The first kappa shape index (κ1) is 14.7. The summed E-state index contributed by atoms with van der Waals surface area (Å²) in [6.07, 6.45) is 4.51. The minimum absolute atomic E-state index is 0.636. The zero-order chi connectivity index (χ0) is 12.8. The summed E-state index contributed by atoms with van der Waals surface area (Å²) in [5, 5.41) is 4.84. The van der Waals surface area contributed by atoms with Crippen molar-refractivity contribution in [1.29, 1.82) is 0 Å². The van der Waals surface area contributed by atoms with Crippen LogP contribution in [-0.2, 0) is 6.54 Å². The monoisotopic (exact) mass is 254 g/mol. The van der Waals surface area contributed by atoms with Crippen molar-refractivity contribution in [3.05, 3.63) is 16.1 Å². The number of nitrogens with zero attached hydrogens (tertiary/aromatic N) is 1. The van der Waals surface area contributed by atoms with Gasteiger partial charge in [-0.05, 0) is 31.6 Å². The molecule has 0 aliphatic rings. The topological polar surface area (TPSA) is 24.9 Å². The summed E-state index contributed by atoms with van der Waals surface area (Å²) in [4.78, 5) is 5.64. The predicted molar refractivity (Wildman–Crippen MR) is 76.4 cm³/mol. The van der Waals surface area contributed by atoms with Crippen LogP contribution >= 0.6 is 11.3 Å². The number of hydrogen-bond acceptors (Lipinski definition) is 3. The molecule has 0 radical (unpaired) electrons. The van der Waals surface area contributed by atoms with Crippen LogP contribution in [0.15, 0.2) is 6.20 Å². The average Bonchev–Trinajstić information content (AvgIpc) is 2.59. The minimum Gasteiger partial charge on any atom is -0.309 e. The molecule has 1 rings (SSSR count). The Balaban J connectivity index is 2.42. The fourth-order valence-electron chi connectivity index (χ4n) is 2.13. The molecule has 17 heavy (non-hydrogen) atoms. The highest BCUT2D eigenvalue weighted by atomic mass is 32.1. The van der Waals surface area contributed by atoms with Gasteiger partial charge in [-0.3, -0.25) is 0 Å². The van der Waals surface area contributed by atoms with Gasteiger partial charge in [0.05, 0.1) is 5.01 Å². The molecule has 0 saturated heterocycles. The largest absolute Gasteiger partial charge is 0.309 e. The summed E-state index contributed by atoms with van der Waals surface area (Å²) in [6, 6.07) is 0.636. The van der Waals surface area contributed by atoms with Crippen molar-refractivity contribution < 1.29 is 0 Å². The van der Waals surface area contributed by atoms with E-state index in [1.807, 2.05) is 6.20 Å². The molecule has 0 spiro atoms. The van der Waals surface area contributed by atoms with Crippen LogP contribution in [0.5, 0.6) is 0 Å². The summed E-state index contributed by atoms with van der Waals surface area (Å²) in [5.41, 5.74) is 0. The van der Waals surface area contributed by atoms with Crippen LogP contribution < -0.4 is 5.32 Å². The molecule has 0 aromatic carbocycles.